The van der Waals surface area contributed by atoms with Crippen LogP contribution in [0.1, 0.15) is 77.6 Å². The standard InChI is InChI=1S/C18H33Cl2OSi/c1-2-4-15-5-7-16(8-6-15)17-9-11-18(12-10-17)21-13-3-14-22(19)20/h15-18H,2-14H2,1H3. The Labute approximate surface area is 148 Å². The first-order chi connectivity index (χ1) is 10.7. The van der Waals surface area contributed by atoms with Crippen LogP contribution in [-0.4, -0.2) is 20.1 Å². The van der Waals surface area contributed by atoms with Gasteiger partial charge in [-0.3, -0.25) is 0 Å². The Morgan fingerprint density at radius 3 is 2.05 bits per heavy atom. The quantitative estimate of drug-likeness (QED) is 0.270. The normalized spacial score (nSPS) is 33.3. The molecule has 2 fully saturated rings. The Morgan fingerprint density at radius 2 is 1.50 bits per heavy atom. The van der Waals surface area contributed by atoms with Crippen LogP contribution >= 0.6 is 22.2 Å². The Balaban J connectivity index is 1.57. The lowest BCUT2D eigenvalue weighted by molar-refractivity contribution is 0.00730. The summed E-state index contributed by atoms with van der Waals surface area (Å²) in [5.74, 6) is 3.05. The van der Waals surface area contributed by atoms with E-state index in [-0.39, 0.29) is 0 Å². The summed E-state index contributed by atoms with van der Waals surface area (Å²) in [5.41, 5.74) is 0. The second-order valence-corrected chi connectivity index (χ2v) is 11.9. The van der Waals surface area contributed by atoms with Crippen LogP contribution in [0.25, 0.3) is 0 Å². The lowest BCUT2D eigenvalue weighted by Gasteiger charge is -2.37. The van der Waals surface area contributed by atoms with Crippen molar-refractivity contribution in [2.45, 2.75) is 89.7 Å². The largest absolute Gasteiger partial charge is 0.378 e. The molecule has 0 unspecified atom stereocenters. The average molecular weight is 364 g/mol. The summed E-state index contributed by atoms with van der Waals surface area (Å²) < 4.78 is 6.02. The predicted octanol–water partition coefficient (Wildman–Crippen LogP) is 6.52. The van der Waals surface area contributed by atoms with Crippen molar-refractivity contribution >= 4 is 29.6 Å². The lowest BCUT2D eigenvalue weighted by Crippen LogP contribution is -2.28. The van der Waals surface area contributed by atoms with Crippen molar-refractivity contribution in [3.05, 3.63) is 0 Å². The van der Waals surface area contributed by atoms with Gasteiger partial charge in [0.1, 0.15) is 0 Å². The van der Waals surface area contributed by atoms with Crippen LogP contribution in [0.5, 0.6) is 0 Å². The molecule has 2 aliphatic carbocycles. The monoisotopic (exact) mass is 363 g/mol. The predicted molar refractivity (Wildman–Crippen MR) is 98.9 cm³/mol. The van der Waals surface area contributed by atoms with Crippen molar-refractivity contribution in [1.29, 1.82) is 0 Å². The molecule has 0 aromatic heterocycles. The van der Waals surface area contributed by atoms with Crippen molar-refractivity contribution in [3.63, 3.8) is 0 Å². The number of rotatable bonds is 8. The molecule has 2 aliphatic rings. The van der Waals surface area contributed by atoms with E-state index < -0.39 is 7.42 Å². The first-order valence-electron chi connectivity index (χ1n) is 9.47. The Hall–Kier alpha value is 0.757. The molecule has 0 heterocycles. The van der Waals surface area contributed by atoms with Crippen molar-refractivity contribution in [1.82, 2.24) is 0 Å². The van der Waals surface area contributed by atoms with E-state index in [1.165, 1.54) is 64.2 Å². The van der Waals surface area contributed by atoms with Crippen LogP contribution in [0.15, 0.2) is 0 Å². The molecule has 0 N–H and O–H groups in total. The summed E-state index contributed by atoms with van der Waals surface area (Å²) in [6.07, 6.45) is 15.7. The summed E-state index contributed by atoms with van der Waals surface area (Å²) in [4.78, 5) is 0. The van der Waals surface area contributed by atoms with E-state index in [0.717, 1.165) is 36.8 Å². The van der Waals surface area contributed by atoms with Gasteiger partial charge in [0.05, 0.1) is 6.10 Å². The van der Waals surface area contributed by atoms with Crippen molar-refractivity contribution in [2.75, 3.05) is 6.61 Å². The van der Waals surface area contributed by atoms with Gasteiger partial charge in [0.2, 0.25) is 0 Å². The maximum Gasteiger partial charge on any atom is 0.273 e. The van der Waals surface area contributed by atoms with Crippen molar-refractivity contribution in [3.8, 4) is 0 Å². The van der Waals surface area contributed by atoms with E-state index in [2.05, 4.69) is 6.92 Å². The highest BCUT2D eigenvalue weighted by Crippen LogP contribution is 2.41. The van der Waals surface area contributed by atoms with E-state index in [9.17, 15) is 0 Å². The molecular weight excluding hydrogens is 331 g/mol. The molecule has 0 aliphatic heterocycles. The minimum absolute atomic E-state index is 0.508. The fourth-order valence-electron chi connectivity index (χ4n) is 4.54. The third-order valence-corrected chi connectivity index (χ3v) is 7.70. The molecule has 0 bridgehead atoms. The van der Waals surface area contributed by atoms with Crippen LogP contribution in [0.4, 0.5) is 0 Å². The van der Waals surface area contributed by atoms with E-state index in [0.29, 0.717) is 6.10 Å². The second-order valence-electron chi connectivity index (χ2n) is 7.42. The van der Waals surface area contributed by atoms with E-state index >= 15 is 0 Å². The molecule has 4 heteroatoms. The van der Waals surface area contributed by atoms with Gasteiger partial charge in [-0.2, -0.15) is 0 Å². The third-order valence-electron chi connectivity index (χ3n) is 5.84. The fraction of sp³-hybridized carbons (Fsp3) is 1.00. The molecule has 0 aromatic rings. The second kappa shape index (κ2) is 10.6. The first kappa shape index (κ1) is 19.1. The summed E-state index contributed by atoms with van der Waals surface area (Å²) in [6, 6.07) is 0.949. The molecule has 2 saturated carbocycles. The zero-order valence-corrected chi connectivity index (χ0v) is 16.7. The zero-order chi connectivity index (χ0) is 15.8. The molecular formula is C18H33Cl2OSi. The van der Waals surface area contributed by atoms with Gasteiger partial charge >= 0.3 is 0 Å². The van der Waals surface area contributed by atoms with E-state index in [4.69, 9.17) is 26.9 Å². The van der Waals surface area contributed by atoms with Gasteiger partial charge in [0.15, 0.2) is 0 Å². The highest BCUT2D eigenvalue weighted by Gasteiger charge is 2.30. The molecule has 0 amide bonds. The van der Waals surface area contributed by atoms with Crippen LogP contribution in [0.2, 0.25) is 6.04 Å². The number of hydrogen-bond acceptors (Lipinski definition) is 1. The number of halogens is 2. The van der Waals surface area contributed by atoms with Gasteiger partial charge in [-0.05, 0) is 68.7 Å². The summed E-state index contributed by atoms with van der Waals surface area (Å²) in [7, 11) is -1.10. The molecule has 1 nitrogen and oxygen atoms in total. The topological polar surface area (TPSA) is 9.23 Å². The maximum absolute atomic E-state index is 6.02. The average Bonchev–Trinajstić information content (AvgIpc) is 2.53. The number of ether oxygens (including phenoxy) is 1. The first-order valence-corrected chi connectivity index (χ1v) is 13.2. The zero-order valence-electron chi connectivity index (χ0n) is 14.2. The highest BCUT2D eigenvalue weighted by atomic mass is 35.7. The van der Waals surface area contributed by atoms with Gasteiger partial charge in [0.25, 0.3) is 7.42 Å². The van der Waals surface area contributed by atoms with Crippen LogP contribution in [0, 0.1) is 17.8 Å². The van der Waals surface area contributed by atoms with Gasteiger partial charge in [-0.15, -0.1) is 22.2 Å². The molecule has 0 saturated heterocycles. The molecule has 2 rings (SSSR count). The van der Waals surface area contributed by atoms with Crippen molar-refractivity contribution in [2.24, 2.45) is 17.8 Å². The van der Waals surface area contributed by atoms with Gasteiger partial charge < -0.3 is 4.74 Å². The SMILES string of the molecule is CCCC1CCC(C2CCC(OCCC[Si](Cl)Cl)CC2)CC1. The Kier molecular flexibility index (Phi) is 9.18. The summed E-state index contributed by atoms with van der Waals surface area (Å²) in [5, 5.41) is 0. The van der Waals surface area contributed by atoms with Crippen LogP contribution in [0.3, 0.4) is 0 Å². The maximum atomic E-state index is 6.02. The molecule has 0 spiro atoms. The Morgan fingerprint density at radius 1 is 0.909 bits per heavy atom. The molecule has 22 heavy (non-hydrogen) atoms. The minimum Gasteiger partial charge on any atom is -0.378 e. The van der Waals surface area contributed by atoms with Gasteiger partial charge in [0, 0.05) is 6.61 Å². The van der Waals surface area contributed by atoms with Crippen molar-refractivity contribution < 1.29 is 4.74 Å². The molecule has 0 aromatic carbocycles. The molecule has 1 radical (unpaired) electrons. The van der Waals surface area contributed by atoms with Crippen LogP contribution < -0.4 is 0 Å². The summed E-state index contributed by atoms with van der Waals surface area (Å²) in [6.45, 7) is 3.18. The Bertz CT molecular complexity index is 285. The van der Waals surface area contributed by atoms with Gasteiger partial charge in [-0.25, -0.2) is 0 Å². The van der Waals surface area contributed by atoms with E-state index in [1.807, 2.05) is 0 Å². The fourth-order valence-corrected chi connectivity index (χ4v) is 5.75. The van der Waals surface area contributed by atoms with Gasteiger partial charge in [-0.1, -0.05) is 32.6 Å². The smallest absolute Gasteiger partial charge is 0.273 e. The number of hydrogen-bond donors (Lipinski definition) is 0. The molecule has 0 atom stereocenters. The third kappa shape index (κ3) is 6.71. The highest BCUT2D eigenvalue weighted by molar-refractivity contribution is 7.33. The lowest BCUT2D eigenvalue weighted by atomic mass is 9.70. The summed E-state index contributed by atoms with van der Waals surface area (Å²) >= 11 is 11.7. The van der Waals surface area contributed by atoms with E-state index in [1.54, 1.807) is 0 Å². The molecule has 129 valence electrons. The van der Waals surface area contributed by atoms with Crippen LogP contribution in [-0.2, 0) is 4.74 Å². The minimum atomic E-state index is -1.10.